The Kier molecular flexibility index (Phi) is 10.6. The molecule has 162 valence electrons. The predicted molar refractivity (Wildman–Crippen MR) is 120 cm³/mol. The van der Waals surface area contributed by atoms with E-state index in [1.54, 1.807) is 16.3 Å². The monoisotopic (exact) mass is 522 g/mol. The maximum Gasteiger partial charge on any atom is -1.00 e. The summed E-state index contributed by atoms with van der Waals surface area (Å²) in [4.78, 5) is 0. The van der Waals surface area contributed by atoms with Crippen LogP contribution in [0.1, 0.15) is 47.6 Å². The van der Waals surface area contributed by atoms with E-state index in [2.05, 4.69) is 108 Å². The van der Waals surface area contributed by atoms with Crippen LogP contribution in [0.25, 0.3) is 11.1 Å². The van der Waals surface area contributed by atoms with E-state index in [4.69, 9.17) is 0 Å². The molecule has 0 nitrogen and oxygen atoms in total. The first-order chi connectivity index (χ1) is 13.5. The van der Waals surface area contributed by atoms with E-state index < -0.39 is 8.07 Å². The number of unbranched alkanes of at least 4 members (excludes halogenated alkanes) is 1. The van der Waals surface area contributed by atoms with Gasteiger partial charge < -0.3 is 37.2 Å². The van der Waals surface area contributed by atoms with Crippen molar-refractivity contribution in [2.24, 2.45) is 0 Å². The normalized spacial score (nSPS) is 15.5. The molecule has 2 unspecified atom stereocenters. The molecule has 0 fully saturated rings. The van der Waals surface area contributed by atoms with E-state index in [0.717, 1.165) is 0 Å². The van der Waals surface area contributed by atoms with Gasteiger partial charge in [0.25, 0.3) is 0 Å². The molecule has 0 aliphatic heterocycles. The molecule has 0 amide bonds. The summed E-state index contributed by atoms with van der Waals surface area (Å²) in [5.74, 6) is 0. The fourth-order valence-electron chi connectivity index (χ4n) is 5.23. The second-order valence-electron chi connectivity index (χ2n) is 8.68. The predicted octanol–water partition coefficient (Wildman–Crippen LogP) is -3.08. The second-order valence-corrected chi connectivity index (χ2v) is 14.0. The molecule has 1 aliphatic carbocycles. The fraction of sp³-hybridized carbons (Fsp3) is 0.308. The Labute approximate surface area is 219 Å². The van der Waals surface area contributed by atoms with Crippen molar-refractivity contribution in [3.63, 3.8) is 0 Å². The number of aryl methyl sites for hydroxylation is 2. The molecule has 0 heterocycles. The van der Waals surface area contributed by atoms with Crippen LogP contribution in [0.5, 0.6) is 0 Å². The van der Waals surface area contributed by atoms with Crippen molar-refractivity contribution in [3.8, 4) is 11.1 Å². The van der Waals surface area contributed by atoms with Crippen LogP contribution < -0.4 is 46.3 Å². The molecule has 1 aliphatic rings. The second kappa shape index (κ2) is 11.5. The van der Waals surface area contributed by atoms with Crippen molar-refractivity contribution in [2.75, 3.05) is 0 Å². The molecule has 3 aromatic rings. The Balaban J connectivity index is 0.00000160. The number of hydrogen-bond acceptors (Lipinski definition) is 0. The van der Waals surface area contributed by atoms with Crippen LogP contribution in [0.15, 0.2) is 60.7 Å². The van der Waals surface area contributed by atoms with Crippen LogP contribution in [-0.4, -0.2) is 8.07 Å². The average Bonchev–Trinajstić information content (AvgIpc) is 3.02. The molecule has 0 radical (unpaired) electrons. The van der Waals surface area contributed by atoms with Gasteiger partial charge in [0.1, 0.15) is 0 Å². The van der Waals surface area contributed by atoms with Crippen molar-refractivity contribution in [2.45, 2.75) is 51.7 Å². The van der Waals surface area contributed by atoms with Gasteiger partial charge in [-0.05, 0) is 0 Å². The van der Waals surface area contributed by atoms with Crippen LogP contribution in [0.3, 0.4) is 0 Å². The van der Waals surface area contributed by atoms with E-state index in [1.165, 1.54) is 45.0 Å². The van der Waals surface area contributed by atoms with Crippen molar-refractivity contribution in [1.82, 2.24) is 0 Å². The van der Waals surface area contributed by atoms with Gasteiger partial charge in [-0.2, -0.15) is 0 Å². The third-order valence-electron chi connectivity index (χ3n) is 6.52. The van der Waals surface area contributed by atoms with Gasteiger partial charge in [0.2, 0.25) is 0 Å². The molecule has 31 heavy (non-hydrogen) atoms. The third kappa shape index (κ3) is 5.18. The van der Waals surface area contributed by atoms with Crippen molar-refractivity contribution >= 4 is 17.1 Å². The Bertz CT molecular complexity index is 1020. The van der Waals surface area contributed by atoms with E-state index in [-0.39, 0.29) is 37.2 Å². The zero-order valence-corrected chi connectivity index (χ0v) is 23.4. The zero-order chi connectivity index (χ0) is 19.9. The minimum absolute atomic E-state index is 0. The first kappa shape index (κ1) is 28.5. The van der Waals surface area contributed by atoms with Gasteiger partial charge >= 0.3 is 183 Å². The van der Waals surface area contributed by atoms with E-state index in [9.17, 15) is 0 Å². The molecule has 0 bridgehead atoms. The Hall–Kier alpha value is -0.539. The van der Waals surface area contributed by atoms with Crippen LogP contribution in [0.4, 0.5) is 0 Å². The van der Waals surface area contributed by atoms with Gasteiger partial charge in [-0.3, -0.25) is 0 Å². The van der Waals surface area contributed by atoms with Gasteiger partial charge in [-0.25, -0.2) is 0 Å². The Morgan fingerprint density at radius 1 is 0.839 bits per heavy atom. The number of fused-ring (bicyclic) bond motifs is 3. The maximum atomic E-state index is 2.65. The number of hydrogen-bond donors (Lipinski definition) is 0. The van der Waals surface area contributed by atoms with Crippen LogP contribution >= 0.6 is 0 Å². The molecule has 0 saturated heterocycles. The van der Waals surface area contributed by atoms with E-state index in [0.29, 0.717) is 5.54 Å². The molecule has 0 saturated carbocycles. The molecule has 0 spiro atoms. The van der Waals surface area contributed by atoms with Gasteiger partial charge in [-0.15, -0.1) is 0 Å². The smallest absolute Gasteiger partial charge is 1.00 e. The summed E-state index contributed by atoms with van der Waals surface area (Å²) in [6.07, 6.45) is 2.58. The van der Waals surface area contributed by atoms with Crippen molar-refractivity contribution < 1.29 is 57.7 Å². The van der Waals surface area contributed by atoms with Crippen LogP contribution in [-0.2, 0) is 20.4 Å². The molecule has 0 N–H and O–H groups in total. The molecular weight excluding hydrogens is 495 g/mol. The summed E-state index contributed by atoms with van der Waals surface area (Å²) >= 11 is 2.31. The van der Waals surface area contributed by atoms with E-state index >= 15 is 0 Å². The molecule has 0 aromatic heterocycles. The molecular formula is C26H29Cl3SiTi. The van der Waals surface area contributed by atoms with Crippen molar-refractivity contribution in [1.29, 1.82) is 0 Å². The summed E-state index contributed by atoms with van der Waals surface area (Å²) in [6, 6.07) is 24.7. The first-order valence-corrected chi connectivity index (χ1v) is 14.0. The summed E-state index contributed by atoms with van der Waals surface area (Å²) in [6.45, 7) is 9.50. The maximum absolute atomic E-state index is 2.65. The topological polar surface area (TPSA) is 0 Å². The molecule has 4 rings (SSSR count). The van der Waals surface area contributed by atoms with Gasteiger partial charge in [0.15, 0.2) is 0 Å². The van der Waals surface area contributed by atoms with E-state index in [1.807, 2.05) is 0 Å². The summed E-state index contributed by atoms with van der Waals surface area (Å²) in [5, 5.41) is 1.63. The number of halogens is 3. The Morgan fingerprint density at radius 3 is 2.10 bits per heavy atom. The zero-order valence-electron chi connectivity index (χ0n) is 18.6. The summed E-state index contributed by atoms with van der Waals surface area (Å²) < 4.78 is 1.46. The molecule has 2 atom stereocenters. The standard InChI is InChI=1S/C26H29Si.3ClH.Ti/c1-5-6-15-27(4,21-17-19(2)16-20(3)18-21)26-24-13-9-7-11-22(24)23-12-8-10-14-25(23)26;;;;/h7-13,16-18,26H,5-6,15H2,1-4H3;3*1H;/q;;;;+3/p-3. The summed E-state index contributed by atoms with van der Waals surface area (Å²) in [7, 11) is -1.81. The van der Waals surface area contributed by atoms with Gasteiger partial charge in [0.05, 0.1) is 0 Å². The third-order valence-corrected chi connectivity index (χ3v) is 12.1. The number of benzene rings is 3. The summed E-state index contributed by atoms with van der Waals surface area (Å²) in [5.41, 5.74) is 9.46. The van der Waals surface area contributed by atoms with Crippen LogP contribution in [0, 0.1) is 13.8 Å². The average molecular weight is 524 g/mol. The minimum atomic E-state index is -1.81. The van der Waals surface area contributed by atoms with Gasteiger partial charge in [-0.1, -0.05) is 0 Å². The van der Waals surface area contributed by atoms with Crippen molar-refractivity contribution in [3.05, 3.63) is 82.9 Å². The molecule has 5 heteroatoms. The molecule has 3 aromatic carbocycles. The first-order valence-electron chi connectivity index (χ1n) is 10.5. The quantitative estimate of drug-likeness (QED) is 0.312. The van der Waals surface area contributed by atoms with Crippen LogP contribution in [0.2, 0.25) is 12.6 Å². The fourth-order valence-corrected chi connectivity index (χ4v) is 11.0. The number of rotatable bonds is 5. The minimum Gasteiger partial charge on any atom is -1.00 e. The Morgan fingerprint density at radius 2 is 1.45 bits per heavy atom. The van der Waals surface area contributed by atoms with Gasteiger partial charge in [0, 0.05) is 0 Å². The largest absolute Gasteiger partial charge is 1.00 e. The SMILES string of the molecule is CCCC[Si](C)(c1cc(C)cc(C)c1)C1c2ccccc2-c2ccc[c]([Ti+3])c21.[Cl-].[Cl-].[Cl-].